The predicted octanol–water partition coefficient (Wildman–Crippen LogP) is 3.86. The molecule has 29 heavy (non-hydrogen) atoms. The minimum absolute atomic E-state index is 0.0155. The Kier molecular flexibility index (Phi) is 5.60. The van der Waals surface area contributed by atoms with E-state index in [1.807, 2.05) is 48.2 Å². The second-order valence-corrected chi connectivity index (χ2v) is 7.41. The van der Waals surface area contributed by atoms with E-state index in [9.17, 15) is 9.59 Å². The van der Waals surface area contributed by atoms with Gasteiger partial charge in [0.25, 0.3) is 5.56 Å². The third kappa shape index (κ3) is 4.01. The zero-order valence-corrected chi connectivity index (χ0v) is 16.5. The normalized spacial score (nSPS) is 16.0. The highest BCUT2D eigenvalue weighted by atomic mass is 16.3. The van der Waals surface area contributed by atoms with E-state index >= 15 is 0 Å². The third-order valence-corrected chi connectivity index (χ3v) is 5.63. The molecule has 3 heterocycles. The van der Waals surface area contributed by atoms with Gasteiger partial charge < -0.3 is 9.32 Å². The lowest BCUT2D eigenvalue weighted by atomic mass is 9.93. The molecule has 0 saturated carbocycles. The van der Waals surface area contributed by atoms with Crippen LogP contribution in [0, 0.1) is 0 Å². The van der Waals surface area contributed by atoms with Gasteiger partial charge in [0, 0.05) is 19.2 Å². The van der Waals surface area contributed by atoms with Gasteiger partial charge in [-0.2, -0.15) is 5.10 Å². The monoisotopic (exact) mass is 391 g/mol. The number of benzene rings is 1. The van der Waals surface area contributed by atoms with E-state index in [1.165, 1.54) is 6.07 Å². The van der Waals surface area contributed by atoms with E-state index in [2.05, 4.69) is 5.10 Å². The molecule has 1 aromatic carbocycles. The molecule has 0 spiro atoms. The van der Waals surface area contributed by atoms with Crippen LogP contribution < -0.4 is 5.56 Å². The summed E-state index contributed by atoms with van der Waals surface area (Å²) in [5.74, 6) is 0.692. The first-order chi connectivity index (χ1) is 14.2. The van der Waals surface area contributed by atoms with Crippen LogP contribution in [-0.4, -0.2) is 33.7 Å². The Morgan fingerprint density at radius 3 is 2.52 bits per heavy atom. The van der Waals surface area contributed by atoms with E-state index in [-0.39, 0.29) is 23.4 Å². The number of hydrogen-bond donors (Lipinski definition) is 0. The number of nitrogens with zero attached hydrogens (tertiary/aromatic N) is 3. The molecule has 1 amide bonds. The molecule has 6 nitrogen and oxygen atoms in total. The fraction of sp³-hybridized carbons (Fsp3) is 0.348. The molecule has 3 aromatic rings. The highest BCUT2D eigenvalue weighted by Gasteiger charge is 2.29. The van der Waals surface area contributed by atoms with Gasteiger partial charge in [-0.05, 0) is 43.0 Å². The van der Waals surface area contributed by atoms with Crippen molar-refractivity contribution >= 4 is 5.91 Å². The van der Waals surface area contributed by atoms with E-state index in [1.54, 1.807) is 23.1 Å². The maximum absolute atomic E-state index is 13.1. The van der Waals surface area contributed by atoms with Crippen molar-refractivity contribution in [2.45, 2.75) is 38.1 Å². The molecule has 0 aliphatic carbocycles. The number of rotatable bonds is 5. The largest absolute Gasteiger partial charge is 0.463 e. The van der Waals surface area contributed by atoms with Gasteiger partial charge in [0.1, 0.15) is 5.69 Å². The average Bonchev–Trinajstić information content (AvgIpc) is 3.30. The van der Waals surface area contributed by atoms with Crippen LogP contribution in [0.2, 0.25) is 0 Å². The molecular formula is C23H25N3O3. The number of amides is 1. The summed E-state index contributed by atoms with van der Waals surface area (Å²) in [7, 11) is 0. The summed E-state index contributed by atoms with van der Waals surface area (Å²) >= 11 is 0. The van der Waals surface area contributed by atoms with Crippen molar-refractivity contribution in [3.63, 3.8) is 0 Å². The van der Waals surface area contributed by atoms with Crippen molar-refractivity contribution in [1.82, 2.24) is 14.7 Å². The molecule has 6 heteroatoms. The van der Waals surface area contributed by atoms with Crippen LogP contribution >= 0.6 is 0 Å². The van der Waals surface area contributed by atoms with Crippen LogP contribution in [0.4, 0.5) is 0 Å². The molecule has 0 radical (unpaired) electrons. The van der Waals surface area contributed by atoms with Crippen molar-refractivity contribution < 1.29 is 9.21 Å². The summed E-state index contributed by atoms with van der Waals surface area (Å²) in [5.41, 5.74) is 1.58. The number of piperidine rings is 1. The topological polar surface area (TPSA) is 68.3 Å². The lowest BCUT2D eigenvalue weighted by molar-refractivity contribution is -0.134. The van der Waals surface area contributed by atoms with Gasteiger partial charge in [0.2, 0.25) is 5.91 Å². The molecule has 0 unspecified atom stereocenters. The highest BCUT2D eigenvalue weighted by molar-refractivity contribution is 5.83. The molecule has 1 saturated heterocycles. The van der Waals surface area contributed by atoms with E-state index in [4.69, 9.17) is 4.42 Å². The molecule has 150 valence electrons. The summed E-state index contributed by atoms with van der Waals surface area (Å²) in [6.07, 6.45) is 3.79. The molecule has 1 aliphatic rings. The first-order valence-corrected chi connectivity index (χ1v) is 10.1. The van der Waals surface area contributed by atoms with Crippen LogP contribution in [-0.2, 0) is 4.79 Å². The molecule has 0 bridgehead atoms. The summed E-state index contributed by atoms with van der Waals surface area (Å²) in [5, 5.41) is 4.51. The van der Waals surface area contributed by atoms with Gasteiger partial charge in [-0.3, -0.25) is 9.59 Å². The Balaban J connectivity index is 1.46. The second kappa shape index (κ2) is 8.47. The maximum Gasteiger partial charge on any atom is 0.267 e. The molecule has 0 N–H and O–H groups in total. The van der Waals surface area contributed by atoms with E-state index < -0.39 is 0 Å². The van der Waals surface area contributed by atoms with Crippen molar-refractivity contribution in [3.05, 3.63) is 76.8 Å². The maximum atomic E-state index is 13.1. The van der Waals surface area contributed by atoms with Crippen molar-refractivity contribution in [1.29, 1.82) is 0 Å². The third-order valence-electron chi connectivity index (χ3n) is 5.63. The van der Waals surface area contributed by atoms with Crippen molar-refractivity contribution in [3.8, 4) is 11.5 Å². The number of carbonyl (C=O) groups excluding carboxylic acids is 1. The Bertz CT molecular complexity index is 1000. The molecule has 4 rings (SSSR count). The highest BCUT2D eigenvalue weighted by Crippen LogP contribution is 2.27. The first-order valence-electron chi connectivity index (χ1n) is 10.1. The molecule has 1 aliphatic heterocycles. The van der Waals surface area contributed by atoms with Gasteiger partial charge in [0.15, 0.2) is 5.76 Å². The number of furan rings is 1. The summed E-state index contributed by atoms with van der Waals surface area (Å²) < 4.78 is 6.95. The molecule has 1 atom stereocenters. The first kappa shape index (κ1) is 19.2. The Morgan fingerprint density at radius 2 is 1.86 bits per heavy atom. The van der Waals surface area contributed by atoms with Crippen LogP contribution in [0.3, 0.4) is 0 Å². The fourth-order valence-electron chi connectivity index (χ4n) is 4.03. The summed E-state index contributed by atoms with van der Waals surface area (Å²) in [6.45, 7) is 3.31. The fourth-order valence-corrected chi connectivity index (χ4v) is 4.03. The van der Waals surface area contributed by atoms with Crippen molar-refractivity contribution in [2.75, 3.05) is 13.1 Å². The number of likely N-dealkylation sites (tertiary alicyclic amines) is 1. The summed E-state index contributed by atoms with van der Waals surface area (Å²) in [6, 6.07) is 16.8. The smallest absolute Gasteiger partial charge is 0.267 e. The van der Waals surface area contributed by atoms with Crippen LogP contribution in [0.15, 0.2) is 70.1 Å². The zero-order valence-electron chi connectivity index (χ0n) is 16.5. The van der Waals surface area contributed by atoms with Crippen LogP contribution in [0.1, 0.15) is 43.7 Å². The number of aromatic nitrogens is 2. The average molecular weight is 391 g/mol. The standard InChI is InChI=1S/C23H25N3O3/c1-2-19(17-7-4-3-5-8-17)23(28)25-14-12-18(13-15-25)26-22(27)11-10-20(24-26)21-9-6-16-29-21/h3-11,16,18-19H,2,12-15H2,1H3/t19-/m0/s1. The Morgan fingerprint density at radius 1 is 1.10 bits per heavy atom. The number of carbonyl (C=O) groups is 1. The lowest BCUT2D eigenvalue weighted by Gasteiger charge is -2.34. The minimum Gasteiger partial charge on any atom is -0.463 e. The predicted molar refractivity (Wildman–Crippen MR) is 111 cm³/mol. The SMILES string of the molecule is CC[C@H](C(=O)N1CCC(n2nc(-c3ccco3)ccc2=O)CC1)c1ccccc1. The van der Waals surface area contributed by atoms with Crippen LogP contribution in [0.25, 0.3) is 11.5 Å². The van der Waals surface area contributed by atoms with E-state index in [0.29, 0.717) is 37.4 Å². The van der Waals surface area contributed by atoms with Crippen molar-refractivity contribution in [2.24, 2.45) is 0 Å². The zero-order chi connectivity index (χ0) is 20.2. The lowest BCUT2D eigenvalue weighted by Crippen LogP contribution is -2.43. The molecular weight excluding hydrogens is 366 g/mol. The molecule has 2 aromatic heterocycles. The second-order valence-electron chi connectivity index (χ2n) is 7.41. The van der Waals surface area contributed by atoms with Gasteiger partial charge in [-0.25, -0.2) is 4.68 Å². The van der Waals surface area contributed by atoms with Crippen LogP contribution in [0.5, 0.6) is 0 Å². The minimum atomic E-state index is -0.124. The van der Waals surface area contributed by atoms with Gasteiger partial charge in [-0.15, -0.1) is 0 Å². The Labute approximate surface area is 169 Å². The number of hydrogen-bond acceptors (Lipinski definition) is 4. The summed E-state index contributed by atoms with van der Waals surface area (Å²) in [4.78, 5) is 27.4. The quantitative estimate of drug-likeness (QED) is 0.662. The Hall–Kier alpha value is -3.15. The van der Waals surface area contributed by atoms with Gasteiger partial charge in [0.05, 0.1) is 18.2 Å². The molecule has 1 fully saturated rings. The van der Waals surface area contributed by atoms with Gasteiger partial charge in [-0.1, -0.05) is 37.3 Å². The van der Waals surface area contributed by atoms with Gasteiger partial charge >= 0.3 is 0 Å². The van der Waals surface area contributed by atoms with E-state index in [0.717, 1.165) is 12.0 Å².